The van der Waals surface area contributed by atoms with E-state index in [1.807, 2.05) is 0 Å². The molecule has 0 aromatic heterocycles. The second kappa shape index (κ2) is 6.95. The molecule has 0 saturated heterocycles. The average Bonchev–Trinajstić information content (AvgIpc) is 3.16. The van der Waals surface area contributed by atoms with E-state index in [9.17, 15) is 0 Å². The highest BCUT2D eigenvalue weighted by Crippen LogP contribution is 2.61. The van der Waals surface area contributed by atoms with Crippen LogP contribution < -0.4 is 4.74 Å². The summed E-state index contributed by atoms with van der Waals surface area (Å²) < 4.78 is 6.40. The van der Waals surface area contributed by atoms with Crippen LogP contribution in [0.15, 0.2) is 121 Å². The Morgan fingerprint density at radius 1 is 0.455 bits per heavy atom. The number of para-hydroxylation sites is 2. The van der Waals surface area contributed by atoms with Gasteiger partial charge in [-0.15, -0.1) is 0 Å². The second-order valence-electron chi connectivity index (χ2n) is 8.93. The van der Waals surface area contributed by atoms with Crippen molar-refractivity contribution in [3.8, 4) is 22.6 Å². The van der Waals surface area contributed by atoms with Gasteiger partial charge in [0.1, 0.15) is 11.5 Å². The summed E-state index contributed by atoms with van der Waals surface area (Å²) in [5, 5.41) is 0. The molecule has 0 N–H and O–H groups in total. The van der Waals surface area contributed by atoms with Crippen LogP contribution >= 0.6 is 0 Å². The highest BCUT2D eigenvalue weighted by Gasteiger charge is 2.50. The number of fused-ring (bicyclic) bond motifs is 9. The first kappa shape index (κ1) is 18.5. The van der Waals surface area contributed by atoms with Crippen molar-refractivity contribution in [2.24, 2.45) is 0 Å². The van der Waals surface area contributed by atoms with E-state index in [0.717, 1.165) is 17.9 Å². The van der Waals surface area contributed by atoms with Gasteiger partial charge in [0, 0.05) is 11.1 Å². The van der Waals surface area contributed by atoms with E-state index in [1.54, 1.807) is 0 Å². The van der Waals surface area contributed by atoms with E-state index in [-0.39, 0.29) is 5.41 Å². The Kier molecular flexibility index (Phi) is 3.89. The van der Waals surface area contributed by atoms with Crippen LogP contribution in [-0.4, -0.2) is 0 Å². The SMILES string of the molecule is c1ccc(Cc2ccc3c(c2)-c2ccccc2C32c3ccccc3Oc3ccccc32)cc1. The van der Waals surface area contributed by atoms with Crippen molar-refractivity contribution in [2.45, 2.75) is 11.8 Å². The van der Waals surface area contributed by atoms with E-state index in [1.165, 1.54) is 44.5 Å². The van der Waals surface area contributed by atoms with Gasteiger partial charge in [-0.3, -0.25) is 0 Å². The first-order valence-electron chi connectivity index (χ1n) is 11.5. The Labute approximate surface area is 193 Å². The lowest BCUT2D eigenvalue weighted by Crippen LogP contribution is -2.32. The fraction of sp³-hybridized carbons (Fsp3) is 0.0625. The molecule has 0 bridgehead atoms. The predicted molar refractivity (Wildman–Crippen MR) is 133 cm³/mol. The molecule has 7 rings (SSSR count). The molecule has 1 aliphatic carbocycles. The third kappa shape index (κ3) is 2.54. The van der Waals surface area contributed by atoms with Gasteiger partial charge in [-0.05, 0) is 51.9 Å². The fourth-order valence-electron chi connectivity index (χ4n) is 5.85. The molecule has 5 aromatic rings. The van der Waals surface area contributed by atoms with Gasteiger partial charge in [-0.1, -0.05) is 109 Å². The molecular weight excluding hydrogens is 400 g/mol. The number of benzene rings is 5. The Balaban J connectivity index is 1.53. The van der Waals surface area contributed by atoms with Crippen molar-refractivity contribution in [1.82, 2.24) is 0 Å². The normalized spacial score (nSPS) is 14.1. The van der Waals surface area contributed by atoms with Crippen LogP contribution in [0.1, 0.15) is 33.4 Å². The largest absolute Gasteiger partial charge is 0.457 e. The van der Waals surface area contributed by atoms with Gasteiger partial charge in [0.05, 0.1) is 5.41 Å². The number of hydrogen-bond donors (Lipinski definition) is 0. The minimum absolute atomic E-state index is 0.372. The van der Waals surface area contributed by atoms with Crippen LogP contribution in [-0.2, 0) is 11.8 Å². The Hall–Kier alpha value is -4.10. The molecule has 0 radical (unpaired) electrons. The molecule has 0 atom stereocenters. The topological polar surface area (TPSA) is 9.23 Å². The maximum atomic E-state index is 6.40. The summed E-state index contributed by atoms with van der Waals surface area (Å²) in [5.74, 6) is 1.87. The van der Waals surface area contributed by atoms with Crippen molar-refractivity contribution in [3.63, 3.8) is 0 Å². The summed E-state index contributed by atoms with van der Waals surface area (Å²) in [7, 11) is 0. The molecule has 5 aromatic carbocycles. The van der Waals surface area contributed by atoms with Gasteiger partial charge in [-0.25, -0.2) is 0 Å². The number of hydrogen-bond acceptors (Lipinski definition) is 1. The van der Waals surface area contributed by atoms with Crippen molar-refractivity contribution in [3.05, 3.63) is 155 Å². The molecule has 33 heavy (non-hydrogen) atoms. The third-order valence-corrected chi connectivity index (χ3v) is 7.16. The van der Waals surface area contributed by atoms with E-state index >= 15 is 0 Å². The van der Waals surface area contributed by atoms with E-state index in [0.29, 0.717) is 0 Å². The minimum Gasteiger partial charge on any atom is -0.457 e. The van der Waals surface area contributed by atoms with Gasteiger partial charge >= 0.3 is 0 Å². The predicted octanol–water partition coefficient (Wildman–Crippen LogP) is 7.75. The van der Waals surface area contributed by atoms with E-state index < -0.39 is 0 Å². The first-order chi connectivity index (χ1) is 16.4. The number of ether oxygens (including phenoxy) is 1. The van der Waals surface area contributed by atoms with Crippen LogP contribution in [0.2, 0.25) is 0 Å². The molecule has 0 fully saturated rings. The van der Waals surface area contributed by atoms with Gasteiger partial charge in [-0.2, -0.15) is 0 Å². The maximum absolute atomic E-state index is 6.40. The zero-order valence-corrected chi connectivity index (χ0v) is 18.2. The lowest BCUT2D eigenvalue weighted by Gasteiger charge is -2.39. The summed E-state index contributed by atoms with van der Waals surface area (Å²) in [5.41, 5.74) is 10.0. The van der Waals surface area contributed by atoms with Crippen LogP contribution in [0.4, 0.5) is 0 Å². The summed E-state index contributed by atoms with van der Waals surface area (Å²) in [6, 6.07) is 43.7. The Morgan fingerprint density at radius 2 is 1.03 bits per heavy atom. The zero-order chi connectivity index (χ0) is 21.8. The van der Waals surface area contributed by atoms with Crippen LogP contribution in [0, 0.1) is 0 Å². The number of rotatable bonds is 2. The molecule has 2 aliphatic rings. The molecule has 0 amide bonds. The highest BCUT2D eigenvalue weighted by molar-refractivity contribution is 5.88. The van der Waals surface area contributed by atoms with Crippen molar-refractivity contribution in [2.75, 3.05) is 0 Å². The first-order valence-corrected chi connectivity index (χ1v) is 11.5. The van der Waals surface area contributed by atoms with Crippen LogP contribution in [0.25, 0.3) is 11.1 Å². The maximum Gasteiger partial charge on any atom is 0.132 e. The van der Waals surface area contributed by atoms with Gasteiger partial charge in [0.15, 0.2) is 0 Å². The standard InChI is InChI=1S/C32H22O/c1-2-10-22(11-3-1)20-23-18-19-27-25(21-23)24-12-4-5-13-26(24)32(27)28-14-6-8-16-30(28)33-31-17-9-7-15-29(31)32/h1-19,21H,20H2. The van der Waals surface area contributed by atoms with Crippen LogP contribution in [0.5, 0.6) is 11.5 Å². The Bertz CT molecular complexity index is 1470. The Morgan fingerprint density at radius 3 is 1.76 bits per heavy atom. The molecule has 156 valence electrons. The fourth-order valence-corrected chi connectivity index (χ4v) is 5.85. The van der Waals surface area contributed by atoms with Crippen LogP contribution in [0.3, 0.4) is 0 Å². The third-order valence-electron chi connectivity index (χ3n) is 7.16. The molecule has 1 spiro atoms. The minimum atomic E-state index is -0.372. The monoisotopic (exact) mass is 422 g/mol. The summed E-state index contributed by atoms with van der Waals surface area (Å²) >= 11 is 0. The lowest BCUT2D eigenvalue weighted by molar-refractivity contribution is 0.436. The smallest absolute Gasteiger partial charge is 0.132 e. The van der Waals surface area contributed by atoms with Gasteiger partial charge in [0.25, 0.3) is 0 Å². The van der Waals surface area contributed by atoms with E-state index in [4.69, 9.17) is 4.74 Å². The van der Waals surface area contributed by atoms with E-state index in [2.05, 4.69) is 121 Å². The summed E-state index contributed by atoms with van der Waals surface area (Å²) in [6.07, 6.45) is 0.930. The zero-order valence-electron chi connectivity index (χ0n) is 18.2. The molecular formula is C32H22O. The molecule has 1 aliphatic heterocycles. The summed E-state index contributed by atoms with van der Waals surface area (Å²) in [6.45, 7) is 0. The average molecular weight is 423 g/mol. The second-order valence-corrected chi connectivity index (χ2v) is 8.93. The summed E-state index contributed by atoms with van der Waals surface area (Å²) in [4.78, 5) is 0. The van der Waals surface area contributed by atoms with Crippen molar-refractivity contribution < 1.29 is 4.74 Å². The molecule has 1 heteroatoms. The van der Waals surface area contributed by atoms with Gasteiger partial charge < -0.3 is 4.74 Å². The molecule has 0 unspecified atom stereocenters. The molecule has 0 saturated carbocycles. The highest BCUT2D eigenvalue weighted by atomic mass is 16.5. The van der Waals surface area contributed by atoms with Gasteiger partial charge in [0.2, 0.25) is 0 Å². The lowest BCUT2D eigenvalue weighted by atomic mass is 9.66. The van der Waals surface area contributed by atoms with Crippen molar-refractivity contribution in [1.29, 1.82) is 0 Å². The quantitative estimate of drug-likeness (QED) is 0.277. The molecule has 1 heterocycles. The molecule has 1 nitrogen and oxygen atoms in total. The van der Waals surface area contributed by atoms with Crippen molar-refractivity contribution >= 4 is 0 Å².